The lowest BCUT2D eigenvalue weighted by Crippen LogP contribution is -2.17. The van der Waals surface area contributed by atoms with Gasteiger partial charge in [0.1, 0.15) is 0 Å². The molecule has 9 heteroatoms. The zero-order valence-electron chi connectivity index (χ0n) is 14.9. The highest BCUT2D eigenvalue weighted by Crippen LogP contribution is 2.23. The molecule has 0 aliphatic rings. The second-order valence-electron chi connectivity index (χ2n) is 5.67. The number of amides is 1. The molecule has 0 saturated heterocycles. The van der Waals surface area contributed by atoms with E-state index in [1.54, 1.807) is 4.52 Å². The number of nitrogens with zero attached hydrogens (tertiary/aromatic N) is 5. The topological polar surface area (TPSA) is 85.1 Å². The van der Waals surface area contributed by atoms with E-state index in [-0.39, 0.29) is 12.3 Å². The fourth-order valence-corrected chi connectivity index (χ4v) is 3.92. The van der Waals surface area contributed by atoms with Crippen LogP contribution < -0.4 is 5.32 Å². The first-order chi connectivity index (χ1) is 11.9. The lowest BCUT2D eigenvalue weighted by atomic mass is 10.1. The normalized spacial score (nSPS) is 11.2. The van der Waals surface area contributed by atoms with Crippen LogP contribution in [0.2, 0.25) is 0 Å². The number of aryl methyl sites for hydroxylation is 4. The molecular weight excluding hydrogens is 356 g/mol. The number of aromatic nitrogens is 5. The largest absolute Gasteiger partial charge is 0.302 e. The van der Waals surface area contributed by atoms with Crippen LogP contribution in [0.15, 0.2) is 5.16 Å². The van der Waals surface area contributed by atoms with Gasteiger partial charge in [0.15, 0.2) is 5.13 Å². The van der Waals surface area contributed by atoms with E-state index in [4.69, 9.17) is 0 Å². The van der Waals surface area contributed by atoms with E-state index in [0.29, 0.717) is 16.1 Å². The summed E-state index contributed by atoms with van der Waals surface area (Å²) in [6, 6.07) is 0. The van der Waals surface area contributed by atoms with Crippen LogP contribution in [0.1, 0.15) is 34.4 Å². The number of carbonyl (C=O) groups is 1. The Bertz CT molecular complexity index is 946. The van der Waals surface area contributed by atoms with Gasteiger partial charge in [-0.05, 0) is 33.4 Å². The zero-order valence-corrected chi connectivity index (χ0v) is 16.5. The highest BCUT2D eigenvalue weighted by atomic mass is 32.2. The maximum atomic E-state index is 12.5. The minimum Gasteiger partial charge on any atom is -0.302 e. The van der Waals surface area contributed by atoms with Crippen LogP contribution in [-0.2, 0) is 17.6 Å². The number of thiazole rings is 1. The number of hydrogen-bond donors (Lipinski definition) is 1. The summed E-state index contributed by atoms with van der Waals surface area (Å²) >= 11 is 2.97. The van der Waals surface area contributed by atoms with E-state index in [1.165, 1.54) is 23.1 Å². The summed E-state index contributed by atoms with van der Waals surface area (Å²) in [5.74, 6) is 0.459. The Balaban J connectivity index is 1.85. The van der Waals surface area contributed by atoms with Crippen molar-refractivity contribution in [3.8, 4) is 0 Å². The molecule has 3 rings (SSSR count). The number of carbonyl (C=O) groups excluding carboxylic acids is 1. The Morgan fingerprint density at radius 3 is 2.64 bits per heavy atom. The summed E-state index contributed by atoms with van der Waals surface area (Å²) < 4.78 is 1.70. The number of fused-ring (bicyclic) bond motifs is 1. The van der Waals surface area contributed by atoms with Crippen molar-refractivity contribution in [1.82, 2.24) is 24.6 Å². The van der Waals surface area contributed by atoms with E-state index in [1.807, 2.05) is 27.0 Å². The molecule has 1 amide bonds. The van der Waals surface area contributed by atoms with Crippen molar-refractivity contribution >= 4 is 39.9 Å². The summed E-state index contributed by atoms with van der Waals surface area (Å²) in [5.41, 5.74) is 3.58. The molecule has 0 aromatic carbocycles. The van der Waals surface area contributed by atoms with Crippen molar-refractivity contribution < 1.29 is 4.79 Å². The monoisotopic (exact) mass is 376 g/mol. The van der Waals surface area contributed by atoms with Gasteiger partial charge in [-0.25, -0.2) is 14.5 Å². The first-order valence-electron chi connectivity index (χ1n) is 7.95. The Kier molecular flexibility index (Phi) is 5.05. The minimum absolute atomic E-state index is 0.103. The molecule has 0 aliphatic heterocycles. The Morgan fingerprint density at radius 1 is 1.24 bits per heavy atom. The number of thioether (sulfide) groups is 1. The fraction of sp³-hybridized carbons (Fsp3) is 0.438. The fourth-order valence-electron chi connectivity index (χ4n) is 2.67. The molecule has 3 heterocycles. The highest BCUT2D eigenvalue weighted by molar-refractivity contribution is 7.98. The van der Waals surface area contributed by atoms with Gasteiger partial charge in [-0.15, -0.1) is 16.4 Å². The highest BCUT2D eigenvalue weighted by Gasteiger charge is 2.17. The van der Waals surface area contributed by atoms with Gasteiger partial charge in [0, 0.05) is 21.8 Å². The molecule has 0 atom stereocenters. The van der Waals surface area contributed by atoms with Crippen LogP contribution >= 0.6 is 23.1 Å². The zero-order chi connectivity index (χ0) is 18.1. The van der Waals surface area contributed by atoms with E-state index < -0.39 is 0 Å². The molecule has 132 valence electrons. The molecule has 25 heavy (non-hydrogen) atoms. The number of nitrogens with one attached hydrogen (secondary N) is 1. The molecule has 0 bridgehead atoms. The SMILES string of the molecule is CCc1nc(NC(=O)Cc2c(C)nc3nc(SC)nn3c2C)sc1C. The molecule has 0 saturated carbocycles. The first-order valence-corrected chi connectivity index (χ1v) is 10.00. The van der Waals surface area contributed by atoms with Crippen molar-refractivity contribution in [3.63, 3.8) is 0 Å². The molecule has 3 aromatic rings. The summed E-state index contributed by atoms with van der Waals surface area (Å²) in [4.78, 5) is 26.9. The lowest BCUT2D eigenvalue weighted by molar-refractivity contribution is -0.115. The third-order valence-corrected chi connectivity index (χ3v) is 5.49. The molecule has 0 unspecified atom stereocenters. The Labute approximate surface area is 154 Å². The second kappa shape index (κ2) is 7.09. The summed E-state index contributed by atoms with van der Waals surface area (Å²) in [6.45, 7) is 7.91. The molecule has 0 aliphatic carbocycles. The van der Waals surface area contributed by atoms with E-state index >= 15 is 0 Å². The minimum atomic E-state index is -0.103. The standard InChI is InChI=1S/C16H20N6OS2/c1-6-12-10(4)25-15(18-12)19-13(23)7-11-8(2)17-14-20-16(24-5)21-22(14)9(11)3/h6-7H2,1-5H3,(H,18,19,23). The smallest absolute Gasteiger partial charge is 0.253 e. The molecule has 0 fully saturated rings. The van der Waals surface area contributed by atoms with Gasteiger partial charge in [-0.2, -0.15) is 4.98 Å². The lowest BCUT2D eigenvalue weighted by Gasteiger charge is -2.09. The third-order valence-electron chi connectivity index (χ3n) is 4.02. The number of anilines is 1. The van der Waals surface area contributed by atoms with Crippen LogP contribution in [0.25, 0.3) is 5.78 Å². The van der Waals surface area contributed by atoms with Crippen molar-refractivity contribution in [1.29, 1.82) is 0 Å². The first kappa shape index (κ1) is 17.8. The van der Waals surface area contributed by atoms with Gasteiger partial charge >= 0.3 is 0 Å². The van der Waals surface area contributed by atoms with Crippen LogP contribution in [0.3, 0.4) is 0 Å². The molecular formula is C16H20N6OS2. The van der Waals surface area contributed by atoms with Crippen molar-refractivity contribution in [2.45, 2.75) is 45.7 Å². The maximum Gasteiger partial charge on any atom is 0.253 e. The predicted octanol–water partition coefficient (Wildman–Crippen LogP) is 2.97. The van der Waals surface area contributed by atoms with Crippen molar-refractivity contribution in [2.75, 3.05) is 11.6 Å². The van der Waals surface area contributed by atoms with E-state index in [0.717, 1.165) is 33.9 Å². The van der Waals surface area contributed by atoms with Crippen LogP contribution in [0.5, 0.6) is 0 Å². The van der Waals surface area contributed by atoms with Crippen LogP contribution in [-0.4, -0.2) is 36.7 Å². The average molecular weight is 377 g/mol. The van der Waals surface area contributed by atoms with Crippen molar-refractivity contribution in [3.05, 3.63) is 27.5 Å². The van der Waals surface area contributed by atoms with E-state index in [2.05, 4.69) is 32.3 Å². The van der Waals surface area contributed by atoms with Gasteiger partial charge in [0.05, 0.1) is 12.1 Å². The average Bonchev–Trinajstić information content (AvgIpc) is 3.14. The number of rotatable bonds is 5. The maximum absolute atomic E-state index is 12.5. The quantitative estimate of drug-likeness (QED) is 0.689. The van der Waals surface area contributed by atoms with E-state index in [9.17, 15) is 4.79 Å². The third kappa shape index (κ3) is 3.52. The molecule has 0 spiro atoms. The van der Waals surface area contributed by atoms with Gasteiger partial charge < -0.3 is 5.32 Å². The van der Waals surface area contributed by atoms with Crippen molar-refractivity contribution in [2.24, 2.45) is 0 Å². The van der Waals surface area contributed by atoms with Crippen LogP contribution in [0, 0.1) is 20.8 Å². The van der Waals surface area contributed by atoms with Gasteiger partial charge in [0.2, 0.25) is 11.1 Å². The summed E-state index contributed by atoms with van der Waals surface area (Å²) in [7, 11) is 0. The molecule has 0 radical (unpaired) electrons. The number of hydrogen-bond acceptors (Lipinski definition) is 7. The van der Waals surface area contributed by atoms with Crippen LogP contribution in [0.4, 0.5) is 5.13 Å². The van der Waals surface area contributed by atoms with Gasteiger partial charge in [0.25, 0.3) is 5.78 Å². The Hall–Kier alpha value is -2.00. The predicted molar refractivity (Wildman–Crippen MR) is 101 cm³/mol. The van der Waals surface area contributed by atoms with Gasteiger partial charge in [-0.3, -0.25) is 4.79 Å². The summed E-state index contributed by atoms with van der Waals surface area (Å²) in [5, 5.41) is 8.63. The van der Waals surface area contributed by atoms with Gasteiger partial charge in [-0.1, -0.05) is 18.7 Å². The molecule has 7 nitrogen and oxygen atoms in total. The second-order valence-corrected chi connectivity index (χ2v) is 7.65. The molecule has 3 aromatic heterocycles. The Morgan fingerprint density at radius 2 is 2.00 bits per heavy atom. The summed E-state index contributed by atoms with van der Waals surface area (Å²) in [6.07, 6.45) is 3.02. The molecule has 1 N–H and O–H groups in total.